The molecule has 0 radical (unpaired) electrons. The molecular weight excluding hydrogens is 354 g/mol. The Hall–Kier alpha value is -3.06. The first kappa shape index (κ1) is 17.8. The lowest BCUT2D eigenvalue weighted by atomic mass is 10.2. The topological polar surface area (TPSA) is 101 Å². The fraction of sp³-hybridized carbons (Fsp3) is 0.167. The van der Waals surface area contributed by atoms with Crippen LogP contribution in [0.1, 0.15) is 17.8 Å². The molecule has 2 heterocycles. The van der Waals surface area contributed by atoms with Gasteiger partial charge in [-0.15, -0.1) is 10.2 Å². The molecule has 0 fully saturated rings. The summed E-state index contributed by atoms with van der Waals surface area (Å²) in [5.41, 5.74) is 1.34. The van der Waals surface area contributed by atoms with E-state index in [1.807, 2.05) is 18.2 Å². The molecule has 26 heavy (non-hydrogen) atoms. The van der Waals surface area contributed by atoms with Crippen molar-refractivity contribution < 1.29 is 4.79 Å². The lowest BCUT2D eigenvalue weighted by molar-refractivity contribution is -0.121. The summed E-state index contributed by atoms with van der Waals surface area (Å²) in [6.45, 7) is 0.344. The lowest BCUT2D eigenvalue weighted by Crippen LogP contribution is -2.25. The first-order valence-electron chi connectivity index (χ1n) is 8.00. The molecule has 1 amide bonds. The molecule has 0 unspecified atom stereocenters. The van der Waals surface area contributed by atoms with Gasteiger partial charge in [-0.05, 0) is 36.4 Å². The Morgan fingerprint density at radius 1 is 1.12 bits per heavy atom. The molecule has 132 valence electrons. The molecule has 0 saturated carbocycles. The summed E-state index contributed by atoms with van der Waals surface area (Å²) in [6.07, 6.45) is 2.01. The van der Waals surface area contributed by atoms with Gasteiger partial charge in [0.05, 0.1) is 12.2 Å². The molecule has 0 spiro atoms. The molecule has 0 saturated heterocycles. The number of benzene rings is 1. The Kier molecular flexibility index (Phi) is 5.70. The monoisotopic (exact) mass is 369 g/mol. The van der Waals surface area contributed by atoms with Crippen LogP contribution in [-0.4, -0.2) is 26.1 Å². The highest BCUT2D eigenvalue weighted by Gasteiger charge is 2.09. The van der Waals surface area contributed by atoms with Crippen LogP contribution in [0.2, 0.25) is 5.02 Å². The van der Waals surface area contributed by atoms with E-state index in [2.05, 4.69) is 25.5 Å². The molecule has 2 N–H and O–H groups in total. The fourth-order valence-corrected chi connectivity index (χ4v) is 2.40. The van der Waals surface area contributed by atoms with E-state index >= 15 is 0 Å². The number of aryl methyl sites for hydroxylation is 1. The van der Waals surface area contributed by atoms with Crippen molar-refractivity contribution >= 4 is 17.5 Å². The highest BCUT2D eigenvalue weighted by Crippen LogP contribution is 2.16. The number of rotatable bonds is 6. The van der Waals surface area contributed by atoms with Crippen LogP contribution in [0.25, 0.3) is 11.4 Å². The van der Waals surface area contributed by atoms with Crippen LogP contribution < -0.4 is 10.9 Å². The summed E-state index contributed by atoms with van der Waals surface area (Å²) >= 11 is 5.84. The van der Waals surface area contributed by atoms with Gasteiger partial charge in [-0.1, -0.05) is 17.7 Å². The van der Waals surface area contributed by atoms with Crippen molar-refractivity contribution in [2.45, 2.75) is 19.4 Å². The quantitative estimate of drug-likeness (QED) is 0.693. The van der Waals surface area contributed by atoms with Gasteiger partial charge in [0.2, 0.25) is 5.91 Å². The number of pyridine rings is 1. The second-order valence-electron chi connectivity index (χ2n) is 5.55. The van der Waals surface area contributed by atoms with Crippen molar-refractivity contribution in [1.29, 1.82) is 0 Å². The van der Waals surface area contributed by atoms with Crippen LogP contribution in [-0.2, 0) is 17.8 Å². The standard InChI is InChI=1S/C18H16ClN5O2/c19-13-6-4-12(5-7-13)17-22-18(26)15(23-24-17)8-9-16(25)21-11-14-3-1-2-10-20-14/h1-7,10H,8-9,11H2,(H,21,25)(H,22,24,26). The maximum Gasteiger partial charge on any atom is 0.273 e. The third kappa shape index (κ3) is 4.73. The average molecular weight is 370 g/mol. The molecule has 3 aromatic rings. The van der Waals surface area contributed by atoms with Gasteiger partial charge in [0.15, 0.2) is 5.82 Å². The predicted molar refractivity (Wildman–Crippen MR) is 97.5 cm³/mol. The number of nitrogens with zero attached hydrogens (tertiary/aromatic N) is 3. The van der Waals surface area contributed by atoms with Gasteiger partial charge >= 0.3 is 0 Å². The summed E-state index contributed by atoms with van der Waals surface area (Å²) in [4.78, 5) is 30.9. The number of carbonyl (C=O) groups excluding carboxylic acids is 1. The van der Waals surface area contributed by atoms with Crippen LogP contribution in [0, 0.1) is 0 Å². The molecule has 8 heteroatoms. The Morgan fingerprint density at radius 3 is 2.62 bits per heavy atom. The van der Waals surface area contributed by atoms with Crippen LogP contribution >= 0.6 is 11.6 Å². The number of carbonyl (C=O) groups is 1. The first-order valence-corrected chi connectivity index (χ1v) is 8.38. The zero-order chi connectivity index (χ0) is 18.4. The molecular formula is C18H16ClN5O2. The van der Waals surface area contributed by atoms with E-state index in [1.54, 1.807) is 30.5 Å². The minimum absolute atomic E-state index is 0.144. The number of aromatic amines is 1. The Bertz CT molecular complexity index is 942. The van der Waals surface area contributed by atoms with E-state index in [-0.39, 0.29) is 30.0 Å². The van der Waals surface area contributed by atoms with Gasteiger partial charge in [0.25, 0.3) is 5.56 Å². The molecule has 0 atom stereocenters. The molecule has 7 nitrogen and oxygen atoms in total. The Balaban J connectivity index is 1.57. The van der Waals surface area contributed by atoms with E-state index < -0.39 is 0 Å². The minimum atomic E-state index is -0.359. The number of amides is 1. The zero-order valence-electron chi connectivity index (χ0n) is 13.8. The molecule has 0 aliphatic heterocycles. The van der Waals surface area contributed by atoms with E-state index in [9.17, 15) is 9.59 Å². The van der Waals surface area contributed by atoms with Crippen molar-refractivity contribution in [3.8, 4) is 11.4 Å². The smallest absolute Gasteiger partial charge is 0.273 e. The van der Waals surface area contributed by atoms with Gasteiger partial charge < -0.3 is 10.3 Å². The maximum atomic E-state index is 12.1. The number of hydrogen-bond acceptors (Lipinski definition) is 5. The second-order valence-corrected chi connectivity index (χ2v) is 5.99. The molecule has 3 rings (SSSR count). The van der Waals surface area contributed by atoms with Crippen LogP contribution in [0.4, 0.5) is 0 Å². The number of H-pyrrole nitrogens is 1. The number of nitrogens with one attached hydrogen (secondary N) is 2. The average Bonchev–Trinajstić information content (AvgIpc) is 2.67. The SMILES string of the molecule is O=C(CCc1nnc(-c2ccc(Cl)cc2)[nH]c1=O)NCc1ccccn1. The van der Waals surface area contributed by atoms with E-state index in [1.165, 1.54) is 0 Å². The van der Waals surface area contributed by atoms with Gasteiger partial charge in [-0.3, -0.25) is 14.6 Å². The molecule has 0 bridgehead atoms. The maximum absolute atomic E-state index is 12.1. The summed E-state index contributed by atoms with van der Waals surface area (Å²) in [7, 11) is 0. The van der Waals surface area contributed by atoms with E-state index in [0.717, 1.165) is 5.69 Å². The highest BCUT2D eigenvalue weighted by molar-refractivity contribution is 6.30. The lowest BCUT2D eigenvalue weighted by Gasteiger charge is -2.05. The molecule has 0 aliphatic rings. The summed E-state index contributed by atoms with van der Waals surface area (Å²) < 4.78 is 0. The molecule has 2 aromatic heterocycles. The highest BCUT2D eigenvalue weighted by atomic mass is 35.5. The summed E-state index contributed by atoms with van der Waals surface area (Å²) in [5.74, 6) is 0.175. The van der Waals surface area contributed by atoms with E-state index in [0.29, 0.717) is 23.0 Å². The fourth-order valence-electron chi connectivity index (χ4n) is 2.27. The largest absolute Gasteiger partial charge is 0.350 e. The number of aromatic nitrogens is 4. The van der Waals surface area contributed by atoms with E-state index in [4.69, 9.17) is 11.6 Å². The van der Waals surface area contributed by atoms with Gasteiger partial charge in [0, 0.05) is 29.6 Å². The molecule has 0 aliphatic carbocycles. The zero-order valence-corrected chi connectivity index (χ0v) is 14.5. The summed E-state index contributed by atoms with van der Waals surface area (Å²) in [6, 6.07) is 12.4. The Morgan fingerprint density at radius 2 is 1.92 bits per heavy atom. The van der Waals surface area contributed by atoms with Crippen molar-refractivity contribution in [3.63, 3.8) is 0 Å². The molecule has 1 aromatic carbocycles. The van der Waals surface area contributed by atoms with Crippen molar-refractivity contribution in [3.05, 3.63) is 75.4 Å². The third-order valence-electron chi connectivity index (χ3n) is 3.66. The van der Waals surface area contributed by atoms with Gasteiger partial charge in [-0.25, -0.2) is 0 Å². The Labute approximate surface area is 154 Å². The number of hydrogen-bond donors (Lipinski definition) is 2. The first-order chi connectivity index (χ1) is 12.6. The van der Waals surface area contributed by atoms with Crippen molar-refractivity contribution in [2.75, 3.05) is 0 Å². The van der Waals surface area contributed by atoms with Gasteiger partial charge in [0.1, 0.15) is 5.69 Å². The summed E-state index contributed by atoms with van der Waals surface area (Å²) in [5, 5.41) is 11.3. The second kappa shape index (κ2) is 8.35. The third-order valence-corrected chi connectivity index (χ3v) is 3.92. The minimum Gasteiger partial charge on any atom is -0.350 e. The normalized spacial score (nSPS) is 10.5. The van der Waals surface area contributed by atoms with Crippen molar-refractivity contribution in [1.82, 2.24) is 25.5 Å². The predicted octanol–water partition coefficient (Wildman–Crippen LogP) is 2.13. The van der Waals surface area contributed by atoms with Crippen molar-refractivity contribution in [2.24, 2.45) is 0 Å². The van der Waals surface area contributed by atoms with Crippen LogP contribution in [0.5, 0.6) is 0 Å². The van der Waals surface area contributed by atoms with Crippen LogP contribution in [0.15, 0.2) is 53.5 Å². The number of halogens is 1. The van der Waals surface area contributed by atoms with Crippen LogP contribution in [0.3, 0.4) is 0 Å². The van der Waals surface area contributed by atoms with Gasteiger partial charge in [-0.2, -0.15) is 0 Å².